The van der Waals surface area contributed by atoms with Gasteiger partial charge in [0.1, 0.15) is 0 Å². The van der Waals surface area contributed by atoms with Gasteiger partial charge in [-0.25, -0.2) is 0 Å². The number of aryl methyl sites for hydroxylation is 2. The highest BCUT2D eigenvalue weighted by molar-refractivity contribution is 8.00. The lowest BCUT2D eigenvalue weighted by atomic mass is 10.1. The molecule has 0 bridgehead atoms. The molecule has 0 aromatic heterocycles. The number of nitrogens with one attached hydrogen (secondary N) is 2. The van der Waals surface area contributed by atoms with Crippen LogP contribution in [0.4, 0.5) is 11.4 Å². The quantitative estimate of drug-likeness (QED) is 0.562. The van der Waals surface area contributed by atoms with Gasteiger partial charge in [0.2, 0.25) is 5.91 Å². The molecule has 0 radical (unpaired) electrons. The van der Waals surface area contributed by atoms with Crippen LogP contribution in [0.5, 0.6) is 0 Å². The Kier molecular flexibility index (Phi) is 7.43. The summed E-state index contributed by atoms with van der Waals surface area (Å²) in [6.07, 6.45) is 0. The average molecular weight is 386 g/mol. The number of anilines is 2. The molecule has 2 aromatic rings. The molecule has 0 spiro atoms. The van der Waals surface area contributed by atoms with Crippen LogP contribution in [-0.4, -0.2) is 30.1 Å². The number of ether oxygens (including phenoxy) is 1. The zero-order valence-electron chi connectivity index (χ0n) is 15.5. The van der Waals surface area contributed by atoms with Gasteiger partial charge in [-0.1, -0.05) is 6.07 Å². The molecular formula is C20H22N2O4S. The van der Waals surface area contributed by atoms with Crippen LogP contribution in [0, 0.1) is 13.8 Å². The van der Waals surface area contributed by atoms with Gasteiger partial charge >= 0.3 is 5.97 Å². The first-order valence-electron chi connectivity index (χ1n) is 8.36. The van der Waals surface area contributed by atoms with E-state index in [2.05, 4.69) is 10.6 Å². The zero-order valence-corrected chi connectivity index (χ0v) is 16.3. The molecular weight excluding hydrogens is 364 g/mol. The first-order valence-corrected chi connectivity index (χ1v) is 9.35. The number of carbonyl (C=O) groups excluding carboxylic acids is 3. The maximum atomic E-state index is 11.9. The summed E-state index contributed by atoms with van der Waals surface area (Å²) >= 11 is 1.37. The highest BCUT2D eigenvalue weighted by Gasteiger charge is 2.09. The molecule has 6 nitrogen and oxygen atoms in total. The Morgan fingerprint density at radius 3 is 2.15 bits per heavy atom. The van der Waals surface area contributed by atoms with Crippen LogP contribution >= 0.6 is 11.8 Å². The van der Waals surface area contributed by atoms with Gasteiger partial charge in [-0.15, -0.1) is 11.8 Å². The smallest absolute Gasteiger partial charge is 0.316 e. The summed E-state index contributed by atoms with van der Waals surface area (Å²) in [6, 6.07) is 12.6. The molecule has 0 aliphatic rings. The Morgan fingerprint density at radius 2 is 1.56 bits per heavy atom. The molecule has 27 heavy (non-hydrogen) atoms. The largest absolute Gasteiger partial charge is 0.455 e. The highest BCUT2D eigenvalue weighted by Crippen LogP contribution is 2.21. The standard InChI is InChI=1S/C20H22N2O4S/c1-13-4-9-18(10-14(13)2)27-12-20(25)26-11-19(24)22-17-7-5-16(6-8-17)21-15(3)23/h4-10H,11-12H2,1-3H3,(H,21,23)(H,22,24). The molecule has 0 unspecified atom stereocenters. The third-order valence-electron chi connectivity index (χ3n) is 3.69. The number of carbonyl (C=O) groups is 3. The lowest BCUT2D eigenvalue weighted by Crippen LogP contribution is -2.21. The molecule has 0 saturated carbocycles. The van der Waals surface area contributed by atoms with Gasteiger partial charge in [0.15, 0.2) is 6.61 Å². The first kappa shape index (κ1) is 20.5. The number of amides is 2. The van der Waals surface area contributed by atoms with E-state index in [4.69, 9.17) is 4.74 Å². The van der Waals surface area contributed by atoms with Gasteiger partial charge in [0, 0.05) is 23.2 Å². The molecule has 7 heteroatoms. The maximum absolute atomic E-state index is 11.9. The van der Waals surface area contributed by atoms with Gasteiger partial charge in [0.25, 0.3) is 5.91 Å². The van der Waals surface area contributed by atoms with E-state index in [1.54, 1.807) is 24.3 Å². The Balaban J connectivity index is 1.73. The normalized spacial score (nSPS) is 10.2. The topological polar surface area (TPSA) is 84.5 Å². The predicted molar refractivity (Wildman–Crippen MR) is 107 cm³/mol. The van der Waals surface area contributed by atoms with Crippen LogP contribution in [0.25, 0.3) is 0 Å². The molecule has 0 atom stereocenters. The van der Waals surface area contributed by atoms with Crippen molar-refractivity contribution in [3.05, 3.63) is 53.6 Å². The Morgan fingerprint density at radius 1 is 0.926 bits per heavy atom. The SMILES string of the molecule is CC(=O)Nc1ccc(NC(=O)COC(=O)CSc2ccc(C)c(C)c2)cc1. The van der Waals surface area contributed by atoms with E-state index in [1.807, 2.05) is 32.0 Å². The van der Waals surface area contributed by atoms with E-state index < -0.39 is 11.9 Å². The maximum Gasteiger partial charge on any atom is 0.316 e. The summed E-state index contributed by atoms with van der Waals surface area (Å²) in [5.41, 5.74) is 3.55. The summed E-state index contributed by atoms with van der Waals surface area (Å²) in [6.45, 7) is 5.12. The molecule has 142 valence electrons. The van der Waals surface area contributed by atoms with Crippen molar-refractivity contribution in [1.82, 2.24) is 0 Å². The fourth-order valence-electron chi connectivity index (χ4n) is 2.17. The monoisotopic (exact) mass is 386 g/mol. The Labute approximate surface area is 162 Å². The Hall–Kier alpha value is -2.80. The van der Waals surface area contributed by atoms with Crippen molar-refractivity contribution in [3.8, 4) is 0 Å². The van der Waals surface area contributed by atoms with Crippen molar-refractivity contribution in [2.24, 2.45) is 0 Å². The van der Waals surface area contributed by atoms with Crippen LogP contribution < -0.4 is 10.6 Å². The van der Waals surface area contributed by atoms with E-state index in [-0.39, 0.29) is 18.3 Å². The summed E-state index contributed by atoms with van der Waals surface area (Å²) in [5, 5.41) is 5.27. The lowest BCUT2D eigenvalue weighted by molar-refractivity contribution is -0.144. The summed E-state index contributed by atoms with van der Waals surface area (Å²) < 4.78 is 5.00. The van der Waals surface area contributed by atoms with E-state index in [0.717, 1.165) is 10.5 Å². The zero-order chi connectivity index (χ0) is 19.8. The van der Waals surface area contributed by atoms with E-state index in [9.17, 15) is 14.4 Å². The minimum Gasteiger partial charge on any atom is -0.455 e. The van der Waals surface area contributed by atoms with Gasteiger partial charge < -0.3 is 15.4 Å². The highest BCUT2D eigenvalue weighted by atomic mass is 32.2. The molecule has 0 saturated heterocycles. The molecule has 0 fully saturated rings. The predicted octanol–water partition coefficient (Wildman–Crippen LogP) is 3.54. The number of benzene rings is 2. The Bertz CT molecular complexity index is 834. The number of hydrogen-bond donors (Lipinski definition) is 2. The fraction of sp³-hybridized carbons (Fsp3) is 0.250. The average Bonchev–Trinajstić information content (AvgIpc) is 2.62. The molecule has 0 heterocycles. The van der Waals surface area contributed by atoms with Crippen molar-refractivity contribution in [3.63, 3.8) is 0 Å². The molecule has 2 amide bonds. The second-order valence-electron chi connectivity index (χ2n) is 6.00. The van der Waals surface area contributed by atoms with Gasteiger partial charge in [-0.3, -0.25) is 14.4 Å². The number of thioether (sulfide) groups is 1. The lowest BCUT2D eigenvalue weighted by Gasteiger charge is -2.08. The summed E-state index contributed by atoms with van der Waals surface area (Å²) in [4.78, 5) is 35.6. The van der Waals surface area contributed by atoms with Crippen LogP contribution in [0.2, 0.25) is 0 Å². The number of esters is 1. The van der Waals surface area contributed by atoms with Gasteiger partial charge in [-0.05, 0) is 61.4 Å². The van der Waals surface area contributed by atoms with Gasteiger partial charge in [0.05, 0.1) is 5.75 Å². The van der Waals surface area contributed by atoms with Crippen molar-refractivity contribution >= 4 is 40.9 Å². The van der Waals surface area contributed by atoms with E-state index in [1.165, 1.54) is 24.2 Å². The third kappa shape index (κ3) is 7.15. The van der Waals surface area contributed by atoms with Crippen LogP contribution in [0.3, 0.4) is 0 Å². The van der Waals surface area contributed by atoms with Crippen molar-refractivity contribution < 1.29 is 19.1 Å². The third-order valence-corrected chi connectivity index (χ3v) is 4.66. The molecule has 2 N–H and O–H groups in total. The van der Waals surface area contributed by atoms with E-state index in [0.29, 0.717) is 11.4 Å². The second kappa shape index (κ2) is 9.78. The van der Waals surface area contributed by atoms with Gasteiger partial charge in [-0.2, -0.15) is 0 Å². The second-order valence-corrected chi connectivity index (χ2v) is 7.05. The number of hydrogen-bond acceptors (Lipinski definition) is 5. The number of rotatable bonds is 7. The molecule has 2 rings (SSSR count). The summed E-state index contributed by atoms with van der Waals surface area (Å²) in [7, 11) is 0. The molecule has 2 aromatic carbocycles. The van der Waals surface area contributed by atoms with Crippen LogP contribution in [0.1, 0.15) is 18.1 Å². The van der Waals surface area contributed by atoms with Crippen LogP contribution in [-0.2, 0) is 19.1 Å². The minimum atomic E-state index is -0.450. The minimum absolute atomic E-state index is 0.140. The van der Waals surface area contributed by atoms with Crippen molar-refractivity contribution in [2.45, 2.75) is 25.7 Å². The van der Waals surface area contributed by atoms with E-state index >= 15 is 0 Å². The van der Waals surface area contributed by atoms with Crippen molar-refractivity contribution in [2.75, 3.05) is 23.0 Å². The van der Waals surface area contributed by atoms with Crippen molar-refractivity contribution in [1.29, 1.82) is 0 Å². The van der Waals surface area contributed by atoms with Crippen LogP contribution in [0.15, 0.2) is 47.4 Å². The molecule has 0 aliphatic heterocycles. The first-order chi connectivity index (χ1) is 12.8. The fourth-order valence-corrected chi connectivity index (χ4v) is 2.96. The summed E-state index contributed by atoms with van der Waals surface area (Å²) in [5.74, 6) is -0.903. The molecule has 0 aliphatic carbocycles.